The molecule has 4 aromatic carbocycles. The third-order valence-electron chi connectivity index (χ3n) is 18.7. The van der Waals surface area contributed by atoms with Crippen molar-refractivity contribution in [2.75, 3.05) is 0 Å². The number of rotatable bonds is 8. The quantitative estimate of drug-likeness (QED) is 0.152. The second kappa shape index (κ2) is 15.3. The molecule has 8 fully saturated rings. The van der Waals surface area contributed by atoms with Crippen LogP contribution in [0.2, 0.25) is 0 Å². The zero-order valence-corrected chi connectivity index (χ0v) is 46.6. The normalized spacial score (nSPS) is 34.6. The van der Waals surface area contributed by atoms with Gasteiger partial charge in [0, 0.05) is 70.1 Å². The number of aryl methyl sites for hydroxylation is 2. The van der Waals surface area contributed by atoms with E-state index in [1.807, 2.05) is 0 Å². The second-order valence-electron chi connectivity index (χ2n) is 27.3. The van der Waals surface area contributed by atoms with Crippen molar-refractivity contribution >= 4 is 0 Å². The summed E-state index contributed by atoms with van der Waals surface area (Å²) >= 11 is 0. The number of hydrogen-bond acceptors (Lipinski definition) is 3. The number of benzene rings is 4. The van der Waals surface area contributed by atoms with Crippen LogP contribution in [0.1, 0.15) is 192 Å². The predicted molar refractivity (Wildman–Crippen MR) is 274 cm³/mol. The largest absolute Gasteiger partial charge is 0.507 e. The van der Waals surface area contributed by atoms with Gasteiger partial charge in [0.2, 0.25) is 0 Å². The van der Waals surface area contributed by atoms with Crippen molar-refractivity contribution in [2.45, 2.75) is 183 Å². The number of aromatic hydroxyl groups is 2. The third-order valence-corrected chi connectivity index (χ3v) is 18.7. The SMILES string of the molecule is Cc1cc(-c2ccc(C(C)C)cc2-c2cccc(-c3cc(C(C)C)ccc3-c3cc(C)cc(C45CC6(C)CC(C)(CC(C)(C6)C4)C5)c3O)n2)c(O)c(C23CC4(C)CC(C)(CC(C)(C4)C2)C3)c1.[Hf]. The first-order valence-corrected chi connectivity index (χ1v) is 25.8. The van der Waals surface area contributed by atoms with Gasteiger partial charge in [-0.3, -0.25) is 0 Å². The number of phenolic OH excluding ortho intramolecular Hbond substituents is 2. The van der Waals surface area contributed by atoms with Gasteiger partial charge < -0.3 is 10.2 Å². The smallest absolute Gasteiger partial charge is 0.127 e. The van der Waals surface area contributed by atoms with Crippen LogP contribution in [-0.4, -0.2) is 15.2 Å². The van der Waals surface area contributed by atoms with Crippen molar-refractivity contribution in [1.29, 1.82) is 0 Å². The van der Waals surface area contributed by atoms with E-state index in [0.717, 1.165) is 83.3 Å². The standard InChI is InChI=1S/C63H77NO2.Hf/c1-38(2)42-16-18-44(48-20-40(5)22-50(54(48)65)62-32-56(7)26-57(8,33-62)28-58(9,27-56)34-62)46(24-42)52-14-13-15-53(64-52)47-25-43(39(3)4)17-19-45(47)49-21-41(6)23-51(55(49)66)63-35-59(10)29-60(11,36-63)31-61(12,30-59)37-63;/h13-25,38-39,65-66H,26-37H2,1-12H3;. The number of hydrogen-bond donors (Lipinski definition) is 2. The maximum Gasteiger partial charge on any atom is 0.127 e. The Morgan fingerprint density at radius 1 is 0.403 bits per heavy atom. The monoisotopic (exact) mass is 1060 g/mol. The van der Waals surface area contributed by atoms with E-state index in [1.54, 1.807) is 0 Å². The fraction of sp³-hybridized carbons (Fsp3) is 0.540. The molecule has 8 saturated carbocycles. The second-order valence-corrected chi connectivity index (χ2v) is 27.3. The molecule has 67 heavy (non-hydrogen) atoms. The van der Waals surface area contributed by atoms with Crippen LogP contribution in [0.3, 0.4) is 0 Å². The molecule has 350 valence electrons. The van der Waals surface area contributed by atoms with E-state index >= 15 is 0 Å². The Morgan fingerprint density at radius 2 is 0.716 bits per heavy atom. The Balaban J connectivity index is 0.00000525. The molecule has 1 aromatic heterocycles. The Hall–Kier alpha value is -3.50. The van der Waals surface area contributed by atoms with E-state index in [9.17, 15) is 10.2 Å². The van der Waals surface area contributed by atoms with Crippen molar-refractivity contribution in [1.82, 2.24) is 4.98 Å². The van der Waals surface area contributed by atoms with Crippen LogP contribution in [-0.2, 0) is 36.7 Å². The van der Waals surface area contributed by atoms with Crippen molar-refractivity contribution in [3.8, 4) is 56.3 Å². The molecule has 0 atom stereocenters. The van der Waals surface area contributed by atoms with Crippen LogP contribution >= 0.6 is 0 Å². The van der Waals surface area contributed by atoms with Gasteiger partial charge in [-0.05, 0) is 205 Å². The zero-order valence-electron chi connectivity index (χ0n) is 43.0. The van der Waals surface area contributed by atoms with Gasteiger partial charge >= 0.3 is 0 Å². The Kier molecular flexibility index (Phi) is 10.7. The number of aromatic nitrogens is 1. The number of nitrogens with zero attached hydrogens (tertiary/aromatic N) is 1. The third kappa shape index (κ3) is 7.69. The average molecular weight is 1060 g/mol. The maximum absolute atomic E-state index is 12.8. The molecule has 0 saturated heterocycles. The van der Waals surface area contributed by atoms with E-state index in [1.165, 1.54) is 71.9 Å². The van der Waals surface area contributed by atoms with Gasteiger partial charge in [-0.25, -0.2) is 4.98 Å². The summed E-state index contributed by atoms with van der Waals surface area (Å²) in [6.45, 7) is 28.7. The summed E-state index contributed by atoms with van der Waals surface area (Å²) in [5, 5.41) is 25.7. The molecule has 5 aromatic rings. The minimum absolute atomic E-state index is 0. The first kappa shape index (κ1) is 47.2. The van der Waals surface area contributed by atoms with Gasteiger partial charge in [0.05, 0.1) is 11.4 Å². The number of pyridine rings is 1. The van der Waals surface area contributed by atoms with Gasteiger partial charge in [-0.2, -0.15) is 0 Å². The molecule has 8 aliphatic rings. The summed E-state index contributed by atoms with van der Waals surface area (Å²) in [7, 11) is 0. The molecule has 0 radical (unpaired) electrons. The first-order chi connectivity index (χ1) is 30.8. The molecule has 8 aliphatic carbocycles. The molecule has 8 bridgehead atoms. The van der Waals surface area contributed by atoms with Gasteiger partial charge in [0.1, 0.15) is 11.5 Å². The van der Waals surface area contributed by atoms with Crippen molar-refractivity contribution in [3.63, 3.8) is 0 Å². The van der Waals surface area contributed by atoms with Crippen LogP contribution in [0, 0.1) is 46.3 Å². The minimum atomic E-state index is -0.0311. The molecule has 0 spiro atoms. The van der Waals surface area contributed by atoms with E-state index < -0.39 is 0 Å². The van der Waals surface area contributed by atoms with Crippen LogP contribution in [0.5, 0.6) is 11.5 Å². The summed E-state index contributed by atoms with van der Waals surface area (Å²) in [5.41, 5.74) is 16.8. The molecular weight excluding hydrogens is 981 g/mol. The van der Waals surface area contributed by atoms with Gasteiger partial charge in [-0.1, -0.05) is 112 Å². The summed E-state index contributed by atoms with van der Waals surface area (Å²) < 4.78 is 0. The Morgan fingerprint density at radius 3 is 1.01 bits per heavy atom. The molecule has 2 N–H and O–H groups in total. The maximum atomic E-state index is 12.8. The van der Waals surface area contributed by atoms with Crippen LogP contribution in [0.4, 0.5) is 0 Å². The average Bonchev–Trinajstić information content (AvgIpc) is 3.18. The fourth-order valence-electron chi connectivity index (χ4n) is 19.4. The minimum Gasteiger partial charge on any atom is -0.507 e. The topological polar surface area (TPSA) is 53.4 Å². The predicted octanol–water partition coefficient (Wildman–Crippen LogP) is 17.3. The first-order valence-electron chi connectivity index (χ1n) is 25.8. The molecule has 0 amide bonds. The molecule has 4 heteroatoms. The van der Waals surface area contributed by atoms with Crippen LogP contribution < -0.4 is 0 Å². The molecule has 1 heterocycles. The van der Waals surface area contributed by atoms with Crippen molar-refractivity contribution < 1.29 is 36.1 Å². The zero-order chi connectivity index (χ0) is 46.8. The van der Waals surface area contributed by atoms with E-state index in [2.05, 4.69) is 162 Å². The van der Waals surface area contributed by atoms with Gasteiger partial charge in [0.25, 0.3) is 0 Å². The van der Waals surface area contributed by atoms with Gasteiger partial charge in [0.15, 0.2) is 0 Å². The van der Waals surface area contributed by atoms with Crippen molar-refractivity contribution in [3.05, 3.63) is 112 Å². The Labute approximate surface area is 422 Å². The molecule has 13 rings (SSSR count). The van der Waals surface area contributed by atoms with Crippen LogP contribution in [0.15, 0.2) is 78.9 Å². The van der Waals surface area contributed by atoms with E-state index in [4.69, 9.17) is 4.98 Å². The van der Waals surface area contributed by atoms with E-state index in [0.29, 0.717) is 55.8 Å². The Bertz CT molecular complexity index is 2550. The number of phenols is 2. The van der Waals surface area contributed by atoms with E-state index in [-0.39, 0.29) is 36.7 Å². The molecule has 0 unspecified atom stereocenters. The molecule has 0 aliphatic heterocycles. The van der Waals surface area contributed by atoms with Gasteiger partial charge in [-0.15, -0.1) is 0 Å². The molecular formula is C63H77HfNO2. The summed E-state index contributed by atoms with van der Waals surface area (Å²) in [6, 6.07) is 29.3. The summed E-state index contributed by atoms with van der Waals surface area (Å²) in [6.07, 6.45) is 14.7. The molecule has 3 nitrogen and oxygen atoms in total. The summed E-state index contributed by atoms with van der Waals surface area (Å²) in [4.78, 5) is 5.64. The van der Waals surface area contributed by atoms with Crippen molar-refractivity contribution in [2.24, 2.45) is 32.5 Å². The summed E-state index contributed by atoms with van der Waals surface area (Å²) in [5.74, 6) is 1.57. The van der Waals surface area contributed by atoms with Crippen LogP contribution in [0.25, 0.3) is 44.8 Å². The fourth-order valence-corrected chi connectivity index (χ4v) is 19.4.